The number of carbonyl (C=O) groups is 2. The molecule has 0 spiro atoms. The van der Waals surface area contributed by atoms with E-state index >= 15 is 0 Å². The maximum Gasteiger partial charge on any atom is 0.256 e. The van der Waals surface area contributed by atoms with E-state index in [0.717, 1.165) is 36.1 Å². The lowest BCUT2D eigenvalue weighted by atomic mass is 9.97. The molecule has 1 aliphatic rings. The third kappa shape index (κ3) is 3.89. The number of nitrogens with one attached hydrogen (secondary N) is 1. The number of halogens is 1. The van der Waals surface area contributed by atoms with E-state index in [1.807, 2.05) is 43.1 Å². The number of hydrogen-bond acceptors (Lipinski definition) is 4. The van der Waals surface area contributed by atoms with Crippen molar-refractivity contribution in [1.82, 2.24) is 19.5 Å². The lowest BCUT2D eigenvalue weighted by Crippen LogP contribution is -2.39. The van der Waals surface area contributed by atoms with Gasteiger partial charge in [0.1, 0.15) is 5.15 Å². The molecule has 3 aromatic rings. The van der Waals surface area contributed by atoms with E-state index in [1.54, 1.807) is 10.6 Å². The first-order valence-corrected chi connectivity index (χ1v) is 10.4. The fraction of sp³-hybridized carbons (Fsp3) is 0.364. The number of aryl methyl sites for hydroxylation is 2. The largest absolute Gasteiger partial charge is 0.330 e. The van der Waals surface area contributed by atoms with Crippen molar-refractivity contribution in [3.8, 4) is 0 Å². The highest BCUT2D eigenvalue weighted by Gasteiger charge is 2.32. The van der Waals surface area contributed by atoms with Crippen molar-refractivity contribution >= 4 is 34.7 Å². The minimum atomic E-state index is -0.207. The molecular weight excluding hydrogens is 402 g/mol. The first-order chi connectivity index (χ1) is 14.3. The second kappa shape index (κ2) is 8.07. The standard InChI is InChI=1S/C22H24ClN5O2/c1-13-7-8-17(24-15(3)29)16(10-13)22(30)27-9-5-4-6-19(27)18-11-20-25-21(23)14(2)12-28(20)26-18/h7-8,10-12,19H,4-6,9H2,1-3H3,(H,24,29)/t19-/m0/s1. The third-order valence-electron chi connectivity index (χ3n) is 5.41. The van der Waals surface area contributed by atoms with E-state index in [-0.39, 0.29) is 17.9 Å². The Labute approximate surface area is 180 Å². The van der Waals surface area contributed by atoms with Gasteiger partial charge in [-0.05, 0) is 45.2 Å². The van der Waals surface area contributed by atoms with Crippen LogP contribution in [0.4, 0.5) is 5.69 Å². The van der Waals surface area contributed by atoms with E-state index in [2.05, 4.69) is 15.4 Å². The Morgan fingerprint density at radius 1 is 1.20 bits per heavy atom. The maximum atomic E-state index is 13.6. The minimum Gasteiger partial charge on any atom is -0.330 e. The number of anilines is 1. The van der Waals surface area contributed by atoms with Gasteiger partial charge < -0.3 is 10.2 Å². The van der Waals surface area contributed by atoms with Gasteiger partial charge in [-0.2, -0.15) is 5.10 Å². The Morgan fingerprint density at radius 3 is 2.77 bits per heavy atom. The number of likely N-dealkylation sites (tertiary alicyclic amines) is 1. The smallest absolute Gasteiger partial charge is 0.256 e. The van der Waals surface area contributed by atoms with Gasteiger partial charge in [-0.25, -0.2) is 9.50 Å². The number of rotatable bonds is 3. The summed E-state index contributed by atoms with van der Waals surface area (Å²) in [6, 6.07) is 7.23. The summed E-state index contributed by atoms with van der Waals surface area (Å²) in [5.41, 5.74) is 4.29. The Balaban J connectivity index is 1.72. The van der Waals surface area contributed by atoms with Crippen LogP contribution in [0.15, 0.2) is 30.5 Å². The van der Waals surface area contributed by atoms with Crippen LogP contribution >= 0.6 is 11.6 Å². The van der Waals surface area contributed by atoms with Crippen LogP contribution in [-0.4, -0.2) is 37.9 Å². The number of carbonyl (C=O) groups excluding carboxylic acids is 2. The normalized spacial score (nSPS) is 16.7. The van der Waals surface area contributed by atoms with Crippen molar-refractivity contribution in [1.29, 1.82) is 0 Å². The van der Waals surface area contributed by atoms with Crippen LogP contribution in [0.1, 0.15) is 59.4 Å². The Bertz CT molecular complexity index is 1100. The summed E-state index contributed by atoms with van der Waals surface area (Å²) in [5.74, 6) is -0.312. The number of amides is 2. The van der Waals surface area contributed by atoms with Gasteiger partial charge in [-0.1, -0.05) is 23.2 Å². The topological polar surface area (TPSA) is 79.6 Å². The highest BCUT2D eigenvalue weighted by molar-refractivity contribution is 6.30. The molecule has 0 bridgehead atoms. The molecule has 1 atom stereocenters. The Morgan fingerprint density at radius 2 is 2.00 bits per heavy atom. The molecule has 0 aliphatic carbocycles. The first-order valence-electron chi connectivity index (χ1n) is 10.0. The second-order valence-electron chi connectivity index (χ2n) is 7.83. The molecule has 2 amide bonds. The van der Waals surface area contributed by atoms with E-state index in [0.29, 0.717) is 28.6 Å². The summed E-state index contributed by atoms with van der Waals surface area (Å²) in [5, 5.41) is 7.91. The Kier molecular flexibility index (Phi) is 5.47. The molecule has 1 N–H and O–H groups in total. The molecule has 3 heterocycles. The molecule has 1 fully saturated rings. The van der Waals surface area contributed by atoms with Crippen LogP contribution < -0.4 is 5.32 Å². The van der Waals surface area contributed by atoms with Crippen LogP contribution in [0.2, 0.25) is 5.15 Å². The molecule has 8 heteroatoms. The number of hydrogen-bond donors (Lipinski definition) is 1. The zero-order valence-electron chi connectivity index (χ0n) is 17.3. The zero-order valence-corrected chi connectivity index (χ0v) is 18.0. The minimum absolute atomic E-state index is 0.105. The van der Waals surface area contributed by atoms with Gasteiger partial charge in [-0.15, -0.1) is 0 Å². The van der Waals surface area contributed by atoms with Crippen molar-refractivity contribution in [2.24, 2.45) is 0 Å². The van der Waals surface area contributed by atoms with Gasteiger partial charge in [0.15, 0.2) is 5.65 Å². The van der Waals surface area contributed by atoms with Gasteiger partial charge >= 0.3 is 0 Å². The molecule has 4 rings (SSSR count). The van der Waals surface area contributed by atoms with Crippen molar-refractivity contribution in [2.45, 2.75) is 46.1 Å². The number of benzene rings is 1. The SMILES string of the molecule is CC(=O)Nc1ccc(C)cc1C(=O)N1CCCC[C@H]1c1cc2nc(Cl)c(C)cn2n1. The molecule has 30 heavy (non-hydrogen) atoms. The summed E-state index contributed by atoms with van der Waals surface area (Å²) in [6.45, 7) is 5.89. The monoisotopic (exact) mass is 425 g/mol. The van der Waals surface area contributed by atoms with Crippen LogP contribution in [0, 0.1) is 13.8 Å². The number of fused-ring (bicyclic) bond motifs is 1. The summed E-state index contributed by atoms with van der Waals surface area (Å²) >= 11 is 6.16. The first kappa shape index (κ1) is 20.3. The van der Waals surface area contributed by atoms with Crippen molar-refractivity contribution in [3.05, 3.63) is 58.0 Å². The van der Waals surface area contributed by atoms with Crippen molar-refractivity contribution < 1.29 is 9.59 Å². The van der Waals surface area contributed by atoms with Gasteiger partial charge in [-0.3, -0.25) is 9.59 Å². The van der Waals surface area contributed by atoms with E-state index in [4.69, 9.17) is 11.6 Å². The highest BCUT2D eigenvalue weighted by atomic mass is 35.5. The van der Waals surface area contributed by atoms with E-state index < -0.39 is 0 Å². The van der Waals surface area contributed by atoms with E-state index in [9.17, 15) is 9.59 Å². The van der Waals surface area contributed by atoms with Gasteiger partial charge in [0.05, 0.1) is 23.0 Å². The molecule has 7 nitrogen and oxygen atoms in total. The van der Waals surface area contributed by atoms with E-state index in [1.165, 1.54) is 6.92 Å². The van der Waals surface area contributed by atoms with Crippen LogP contribution in [0.3, 0.4) is 0 Å². The summed E-state index contributed by atoms with van der Waals surface area (Å²) < 4.78 is 1.71. The quantitative estimate of drug-likeness (QED) is 0.633. The van der Waals surface area contributed by atoms with Crippen molar-refractivity contribution in [3.63, 3.8) is 0 Å². The second-order valence-corrected chi connectivity index (χ2v) is 8.19. The zero-order chi connectivity index (χ0) is 21.4. The molecular formula is C22H24ClN5O2. The maximum absolute atomic E-state index is 13.6. The fourth-order valence-electron chi connectivity index (χ4n) is 3.94. The van der Waals surface area contributed by atoms with Gasteiger partial charge in [0, 0.05) is 31.3 Å². The van der Waals surface area contributed by atoms with Gasteiger partial charge in [0.25, 0.3) is 5.91 Å². The third-order valence-corrected chi connectivity index (χ3v) is 5.79. The lowest BCUT2D eigenvalue weighted by molar-refractivity contribution is -0.114. The fourth-order valence-corrected chi connectivity index (χ4v) is 4.08. The van der Waals surface area contributed by atoms with Crippen LogP contribution in [0.5, 0.6) is 0 Å². The number of nitrogens with zero attached hydrogens (tertiary/aromatic N) is 4. The molecule has 0 radical (unpaired) electrons. The van der Waals surface area contributed by atoms with Gasteiger partial charge in [0.2, 0.25) is 5.91 Å². The predicted molar refractivity (Wildman–Crippen MR) is 116 cm³/mol. The summed E-state index contributed by atoms with van der Waals surface area (Å²) in [7, 11) is 0. The molecule has 1 saturated heterocycles. The number of piperidine rings is 1. The molecule has 0 unspecified atom stereocenters. The van der Waals surface area contributed by atoms with Crippen LogP contribution in [0.25, 0.3) is 5.65 Å². The lowest BCUT2D eigenvalue weighted by Gasteiger charge is -2.35. The Hall–Kier alpha value is -2.93. The summed E-state index contributed by atoms with van der Waals surface area (Å²) in [6.07, 6.45) is 4.62. The highest BCUT2D eigenvalue weighted by Crippen LogP contribution is 2.33. The number of aromatic nitrogens is 3. The van der Waals surface area contributed by atoms with Crippen LogP contribution in [-0.2, 0) is 4.79 Å². The molecule has 0 saturated carbocycles. The predicted octanol–water partition coefficient (Wildman–Crippen LogP) is 4.33. The molecule has 1 aromatic carbocycles. The molecule has 1 aliphatic heterocycles. The summed E-state index contributed by atoms with van der Waals surface area (Å²) in [4.78, 5) is 31.4. The average Bonchev–Trinajstić information content (AvgIpc) is 3.11. The van der Waals surface area contributed by atoms with Crippen molar-refractivity contribution in [2.75, 3.05) is 11.9 Å². The molecule has 156 valence electrons. The molecule has 2 aromatic heterocycles. The average molecular weight is 426 g/mol.